The second-order valence-electron chi connectivity index (χ2n) is 4.66. The molecule has 2 rings (SSSR count). The van der Waals surface area contributed by atoms with Crippen LogP contribution in [0.2, 0.25) is 0 Å². The van der Waals surface area contributed by atoms with Crippen LogP contribution in [0.25, 0.3) is 0 Å². The van der Waals surface area contributed by atoms with Crippen LogP contribution in [0, 0.1) is 0 Å². The van der Waals surface area contributed by atoms with Gasteiger partial charge in [0.1, 0.15) is 16.4 Å². The highest BCUT2D eigenvalue weighted by molar-refractivity contribution is 9.10. The van der Waals surface area contributed by atoms with Crippen molar-refractivity contribution in [2.45, 2.75) is 51.6 Å². The fourth-order valence-electron chi connectivity index (χ4n) is 2.04. The molecule has 0 aliphatic heterocycles. The van der Waals surface area contributed by atoms with Crippen LogP contribution in [-0.4, -0.2) is 16.6 Å². The second kappa shape index (κ2) is 5.97. The van der Waals surface area contributed by atoms with Gasteiger partial charge in [-0.2, -0.15) is 0 Å². The highest BCUT2D eigenvalue weighted by Crippen LogP contribution is 2.41. The lowest BCUT2D eigenvalue weighted by molar-refractivity contribution is 0.0490. The molecule has 0 amide bonds. The van der Waals surface area contributed by atoms with Crippen LogP contribution >= 0.6 is 15.9 Å². The van der Waals surface area contributed by atoms with Crippen LogP contribution in [0.1, 0.15) is 63.1 Å². The fraction of sp³-hybridized carbons (Fsp3) is 0.692. The number of hydrogen-bond donors (Lipinski definition) is 1. The Morgan fingerprint density at radius 3 is 2.78 bits per heavy atom. The smallest absolute Gasteiger partial charge is 0.265 e. The van der Waals surface area contributed by atoms with Crippen molar-refractivity contribution in [3.63, 3.8) is 0 Å². The molecule has 0 saturated heterocycles. The Morgan fingerprint density at radius 2 is 2.22 bits per heavy atom. The number of H-pyrrole nitrogens is 1. The molecular weight excluding hydrogens is 296 g/mol. The predicted octanol–water partition coefficient (Wildman–Crippen LogP) is 3.29. The average Bonchev–Trinajstić information content (AvgIpc) is 3.16. The summed E-state index contributed by atoms with van der Waals surface area (Å²) in [5.74, 6) is 1.12. The van der Waals surface area contributed by atoms with Crippen molar-refractivity contribution in [2.24, 2.45) is 0 Å². The molecule has 1 atom stereocenters. The number of aromatic amines is 1. The molecule has 18 heavy (non-hydrogen) atoms. The number of rotatable bonds is 6. The molecular formula is C13H19BrN2O2. The van der Waals surface area contributed by atoms with E-state index in [-0.39, 0.29) is 11.7 Å². The first kappa shape index (κ1) is 13.7. The van der Waals surface area contributed by atoms with Gasteiger partial charge in [0.25, 0.3) is 5.56 Å². The van der Waals surface area contributed by atoms with Crippen molar-refractivity contribution in [3.05, 3.63) is 26.3 Å². The topological polar surface area (TPSA) is 55.0 Å². The van der Waals surface area contributed by atoms with Crippen molar-refractivity contribution < 1.29 is 4.74 Å². The van der Waals surface area contributed by atoms with Crippen LogP contribution in [0.15, 0.2) is 9.27 Å². The second-order valence-corrected chi connectivity index (χ2v) is 5.45. The first-order valence-corrected chi connectivity index (χ1v) is 7.37. The summed E-state index contributed by atoms with van der Waals surface area (Å²) in [6, 6.07) is 0. The quantitative estimate of drug-likeness (QED) is 0.876. The Labute approximate surface area is 115 Å². The first-order chi connectivity index (χ1) is 8.67. The molecule has 1 N–H and O–H groups in total. The Balaban J connectivity index is 2.33. The van der Waals surface area contributed by atoms with E-state index in [1.807, 2.05) is 6.92 Å². The molecule has 4 nitrogen and oxygen atoms in total. The molecule has 1 aliphatic carbocycles. The maximum atomic E-state index is 11.9. The molecule has 1 aliphatic rings. The fourth-order valence-corrected chi connectivity index (χ4v) is 2.55. The maximum Gasteiger partial charge on any atom is 0.265 e. The van der Waals surface area contributed by atoms with Crippen LogP contribution in [0.3, 0.4) is 0 Å². The van der Waals surface area contributed by atoms with Crippen LogP contribution in [-0.2, 0) is 4.74 Å². The third kappa shape index (κ3) is 3.01. The number of nitrogens with zero attached hydrogens (tertiary/aromatic N) is 1. The van der Waals surface area contributed by atoms with Crippen molar-refractivity contribution in [1.82, 2.24) is 9.97 Å². The van der Waals surface area contributed by atoms with Gasteiger partial charge in [-0.3, -0.25) is 4.79 Å². The number of aromatic nitrogens is 2. The van der Waals surface area contributed by atoms with Crippen LogP contribution in [0.4, 0.5) is 0 Å². The van der Waals surface area contributed by atoms with Gasteiger partial charge in [-0.05, 0) is 42.1 Å². The summed E-state index contributed by atoms with van der Waals surface area (Å²) >= 11 is 3.33. The van der Waals surface area contributed by atoms with Gasteiger partial charge < -0.3 is 9.72 Å². The lowest BCUT2D eigenvalue weighted by Crippen LogP contribution is -2.19. The Hall–Kier alpha value is -0.680. The van der Waals surface area contributed by atoms with Crippen LogP contribution < -0.4 is 5.56 Å². The van der Waals surface area contributed by atoms with E-state index >= 15 is 0 Å². The van der Waals surface area contributed by atoms with E-state index in [4.69, 9.17) is 4.74 Å². The summed E-state index contributed by atoms with van der Waals surface area (Å²) in [4.78, 5) is 19.3. The zero-order valence-corrected chi connectivity index (χ0v) is 12.4. The van der Waals surface area contributed by atoms with Gasteiger partial charge >= 0.3 is 0 Å². The predicted molar refractivity (Wildman–Crippen MR) is 73.8 cm³/mol. The minimum Gasteiger partial charge on any atom is -0.371 e. The first-order valence-electron chi connectivity index (χ1n) is 6.58. The zero-order valence-electron chi connectivity index (χ0n) is 10.8. The molecule has 1 aromatic rings. The summed E-state index contributed by atoms with van der Waals surface area (Å²) in [7, 11) is 0. The maximum absolute atomic E-state index is 11.9. The number of halogens is 1. The van der Waals surface area contributed by atoms with Crippen molar-refractivity contribution >= 4 is 15.9 Å². The molecule has 1 fully saturated rings. The lowest BCUT2D eigenvalue weighted by Gasteiger charge is -2.16. The largest absolute Gasteiger partial charge is 0.371 e. The number of nitrogens with one attached hydrogen (secondary N) is 1. The number of ether oxygens (including phenoxy) is 1. The standard InChI is InChI=1S/C13H19BrN2O2/c1-3-5-9(18-4-2)12-15-11(8-6-7-8)10(14)13(17)16-12/h8-9H,3-7H2,1-2H3,(H,15,16,17). The average molecular weight is 315 g/mol. The Kier molecular flexibility index (Phi) is 4.56. The molecule has 1 unspecified atom stereocenters. The molecule has 0 aromatic carbocycles. The third-order valence-corrected chi connectivity index (χ3v) is 3.86. The van der Waals surface area contributed by atoms with E-state index in [9.17, 15) is 4.79 Å². The Bertz CT molecular complexity index is 463. The molecule has 1 aromatic heterocycles. The molecule has 5 heteroatoms. The van der Waals surface area contributed by atoms with Crippen molar-refractivity contribution in [2.75, 3.05) is 6.61 Å². The summed E-state index contributed by atoms with van der Waals surface area (Å²) in [5, 5.41) is 0. The van der Waals surface area contributed by atoms with E-state index < -0.39 is 0 Å². The van der Waals surface area contributed by atoms with Gasteiger partial charge in [-0.1, -0.05) is 13.3 Å². The monoisotopic (exact) mass is 314 g/mol. The molecule has 0 radical (unpaired) electrons. The van der Waals surface area contributed by atoms with E-state index in [0.717, 1.165) is 31.4 Å². The summed E-state index contributed by atoms with van der Waals surface area (Å²) in [5.41, 5.74) is 0.803. The summed E-state index contributed by atoms with van der Waals surface area (Å²) < 4.78 is 6.25. The number of hydrogen-bond acceptors (Lipinski definition) is 3. The highest BCUT2D eigenvalue weighted by Gasteiger charge is 2.29. The van der Waals surface area contributed by atoms with Crippen molar-refractivity contribution in [3.8, 4) is 0 Å². The molecule has 1 heterocycles. The summed E-state index contributed by atoms with van der Waals surface area (Å²) in [6.45, 7) is 4.69. The third-order valence-electron chi connectivity index (χ3n) is 3.09. The molecule has 100 valence electrons. The molecule has 0 bridgehead atoms. The molecule has 1 saturated carbocycles. The van der Waals surface area contributed by atoms with Crippen molar-refractivity contribution in [1.29, 1.82) is 0 Å². The van der Waals surface area contributed by atoms with Gasteiger partial charge in [0.15, 0.2) is 0 Å². The lowest BCUT2D eigenvalue weighted by atomic mass is 10.2. The van der Waals surface area contributed by atoms with E-state index in [1.165, 1.54) is 0 Å². The van der Waals surface area contributed by atoms with Gasteiger partial charge in [0.2, 0.25) is 0 Å². The van der Waals surface area contributed by atoms with Gasteiger partial charge in [-0.15, -0.1) is 0 Å². The van der Waals surface area contributed by atoms with Gasteiger partial charge in [-0.25, -0.2) is 4.98 Å². The zero-order chi connectivity index (χ0) is 13.1. The van der Waals surface area contributed by atoms with E-state index in [1.54, 1.807) is 0 Å². The van der Waals surface area contributed by atoms with Crippen LogP contribution in [0.5, 0.6) is 0 Å². The van der Waals surface area contributed by atoms with Gasteiger partial charge in [0.05, 0.1) is 5.69 Å². The van der Waals surface area contributed by atoms with E-state index in [0.29, 0.717) is 22.8 Å². The minimum absolute atomic E-state index is 0.0947. The minimum atomic E-state index is -0.0988. The SMILES string of the molecule is CCCC(OCC)c1nc(C2CC2)c(Br)c(=O)[nH]1. The van der Waals surface area contributed by atoms with Gasteiger partial charge in [0, 0.05) is 12.5 Å². The molecule has 0 spiro atoms. The van der Waals surface area contributed by atoms with E-state index in [2.05, 4.69) is 32.8 Å². The Morgan fingerprint density at radius 1 is 1.50 bits per heavy atom. The highest BCUT2D eigenvalue weighted by atomic mass is 79.9. The normalized spacial score (nSPS) is 16.8. The summed E-state index contributed by atoms with van der Waals surface area (Å²) in [6.07, 6.45) is 4.04.